The molecule has 0 spiro atoms. The summed E-state index contributed by atoms with van der Waals surface area (Å²) in [5.41, 5.74) is 2.87. The Bertz CT molecular complexity index is 987. The number of sulfonamides is 1. The number of hydrogen-bond donors (Lipinski definition) is 1. The van der Waals surface area contributed by atoms with Crippen molar-refractivity contribution in [1.29, 1.82) is 0 Å². The van der Waals surface area contributed by atoms with Crippen LogP contribution in [0.15, 0.2) is 48.5 Å². The third-order valence-electron chi connectivity index (χ3n) is 5.62. The number of hydrogen-bond acceptors (Lipinski definition) is 5. The van der Waals surface area contributed by atoms with Crippen LogP contribution in [0.25, 0.3) is 0 Å². The van der Waals surface area contributed by atoms with E-state index in [1.54, 1.807) is 24.3 Å². The minimum Gasteiger partial charge on any atom is -0.497 e. The highest BCUT2D eigenvalue weighted by Crippen LogP contribution is 2.23. The van der Waals surface area contributed by atoms with Crippen molar-refractivity contribution in [1.82, 2.24) is 10.2 Å². The summed E-state index contributed by atoms with van der Waals surface area (Å²) in [7, 11) is -1.93. The largest absolute Gasteiger partial charge is 0.497 e. The molecule has 3 rings (SSSR count). The van der Waals surface area contributed by atoms with Crippen LogP contribution in [0.5, 0.6) is 5.75 Å². The van der Waals surface area contributed by atoms with E-state index < -0.39 is 10.0 Å². The van der Waals surface area contributed by atoms with Gasteiger partial charge in [0.25, 0.3) is 0 Å². The second-order valence-electron chi connectivity index (χ2n) is 8.22. The topological polar surface area (TPSA) is 79.0 Å². The van der Waals surface area contributed by atoms with Crippen LogP contribution < -0.4 is 14.4 Å². The first-order chi connectivity index (χ1) is 15.3. The molecule has 0 aliphatic carbocycles. The minimum absolute atomic E-state index is 0.0924. The number of anilines is 1. The van der Waals surface area contributed by atoms with Crippen LogP contribution in [0.2, 0.25) is 0 Å². The Labute approximate surface area is 191 Å². The van der Waals surface area contributed by atoms with Crippen LogP contribution in [-0.4, -0.2) is 52.2 Å². The van der Waals surface area contributed by atoms with Gasteiger partial charge in [0.2, 0.25) is 15.9 Å². The van der Waals surface area contributed by atoms with Crippen LogP contribution in [0.1, 0.15) is 36.8 Å². The van der Waals surface area contributed by atoms with Gasteiger partial charge in [-0.25, -0.2) is 8.42 Å². The van der Waals surface area contributed by atoms with Gasteiger partial charge in [-0.2, -0.15) is 0 Å². The van der Waals surface area contributed by atoms with E-state index in [-0.39, 0.29) is 18.9 Å². The summed E-state index contributed by atoms with van der Waals surface area (Å²) in [6, 6.07) is 15.3. The van der Waals surface area contributed by atoms with Crippen molar-refractivity contribution in [3.8, 4) is 5.75 Å². The SMILES string of the molecule is COc1cccc(N(CCCC(=O)NCc2ccc(CN3CCCC3)cc2)S(C)(=O)=O)c1. The van der Waals surface area contributed by atoms with Crippen molar-refractivity contribution in [2.24, 2.45) is 0 Å². The minimum atomic E-state index is -3.47. The van der Waals surface area contributed by atoms with E-state index >= 15 is 0 Å². The molecule has 32 heavy (non-hydrogen) atoms. The molecular formula is C24H33N3O4S. The quantitative estimate of drug-likeness (QED) is 0.558. The molecule has 0 unspecified atom stereocenters. The first kappa shape index (κ1) is 24.1. The maximum absolute atomic E-state index is 12.3. The highest BCUT2D eigenvalue weighted by atomic mass is 32.2. The van der Waals surface area contributed by atoms with Gasteiger partial charge >= 0.3 is 0 Å². The van der Waals surface area contributed by atoms with Crippen molar-refractivity contribution in [3.63, 3.8) is 0 Å². The molecule has 0 atom stereocenters. The molecule has 1 aliphatic heterocycles. The number of likely N-dealkylation sites (tertiary alicyclic amines) is 1. The first-order valence-corrected chi connectivity index (χ1v) is 12.9. The Morgan fingerprint density at radius 3 is 2.44 bits per heavy atom. The smallest absolute Gasteiger partial charge is 0.232 e. The van der Waals surface area contributed by atoms with Crippen molar-refractivity contribution in [2.45, 2.75) is 38.8 Å². The lowest BCUT2D eigenvalue weighted by Crippen LogP contribution is -2.32. The molecule has 1 N–H and O–H groups in total. The van der Waals surface area contributed by atoms with Crippen LogP contribution >= 0.6 is 0 Å². The van der Waals surface area contributed by atoms with E-state index in [1.165, 1.54) is 49.2 Å². The summed E-state index contributed by atoms with van der Waals surface area (Å²) in [6.07, 6.45) is 4.41. The zero-order valence-electron chi connectivity index (χ0n) is 18.9. The third kappa shape index (κ3) is 7.24. The molecular weight excluding hydrogens is 426 g/mol. The van der Waals surface area contributed by atoms with Gasteiger partial charge in [-0.1, -0.05) is 30.3 Å². The number of carbonyl (C=O) groups is 1. The van der Waals surface area contributed by atoms with E-state index in [1.807, 2.05) is 0 Å². The molecule has 2 aromatic rings. The van der Waals surface area contributed by atoms with E-state index in [9.17, 15) is 13.2 Å². The molecule has 1 saturated heterocycles. The van der Waals surface area contributed by atoms with Crippen LogP contribution in [0, 0.1) is 0 Å². The summed E-state index contributed by atoms with van der Waals surface area (Å²) in [4.78, 5) is 14.7. The van der Waals surface area contributed by atoms with Gasteiger partial charge in [0.15, 0.2) is 0 Å². The Balaban J connectivity index is 1.45. The number of ether oxygens (including phenoxy) is 1. The summed E-state index contributed by atoms with van der Waals surface area (Å²) in [6.45, 7) is 4.02. The first-order valence-electron chi connectivity index (χ1n) is 11.0. The van der Waals surface area contributed by atoms with Gasteiger partial charge in [0.1, 0.15) is 5.75 Å². The number of methoxy groups -OCH3 is 1. The van der Waals surface area contributed by atoms with E-state index in [2.05, 4.69) is 34.5 Å². The fourth-order valence-corrected chi connectivity index (χ4v) is 4.84. The molecule has 174 valence electrons. The predicted molar refractivity (Wildman–Crippen MR) is 127 cm³/mol. The monoisotopic (exact) mass is 459 g/mol. The van der Waals surface area contributed by atoms with Crippen molar-refractivity contribution < 1.29 is 17.9 Å². The molecule has 0 radical (unpaired) electrons. The van der Waals surface area contributed by atoms with Crippen LogP contribution in [0.3, 0.4) is 0 Å². The Hall–Kier alpha value is -2.58. The summed E-state index contributed by atoms with van der Waals surface area (Å²) < 4.78 is 31.0. The van der Waals surface area contributed by atoms with Gasteiger partial charge < -0.3 is 10.1 Å². The van der Waals surface area contributed by atoms with Gasteiger partial charge in [-0.3, -0.25) is 14.0 Å². The maximum Gasteiger partial charge on any atom is 0.232 e. The molecule has 1 aliphatic rings. The average Bonchev–Trinajstić information content (AvgIpc) is 3.28. The Kier molecular flexibility index (Phi) is 8.53. The molecule has 0 bridgehead atoms. The Morgan fingerprint density at radius 2 is 1.78 bits per heavy atom. The lowest BCUT2D eigenvalue weighted by molar-refractivity contribution is -0.121. The number of nitrogens with one attached hydrogen (secondary N) is 1. The Morgan fingerprint density at radius 1 is 1.09 bits per heavy atom. The molecule has 0 saturated carbocycles. The number of carbonyl (C=O) groups excluding carboxylic acids is 1. The summed E-state index contributed by atoms with van der Waals surface area (Å²) in [5, 5.41) is 2.92. The lowest BCUT2D eigenvalue weighted by Gasteiger charge is -2.22. The van der Waals surface area contributed by atoms with Gasteiger partial charge in [-0.15, -0.1) is 0 Å². The van der Waals surface area contributed by atoms with E-state index in [0.717, 1.165) is 12.1 Å². The number of benzene rings is 2. The molecule has 0 aromatic heterocycles. The fourth-order valence-electron chi connectivity index (χ4n) is 3.89. The number of rotatable bonds is 11. The third-order valence-corrected chi connectivity index (χ3v) is 6.82. The van der Waals surface area contributed by atoms with E-state index in [0.29, 0.717) is 24.4 Å². The average molecular weight is 460 g/mol. The molecule has 1 amide bonds. The van der Waals surface area contributed by atoms with Gasteiger partial charge in [-0.05, 0) is 55.6 Å². The number of nitrogens with zero attached hydrogens (tertiary/aromatic N) is 2. The maximum atomic E-state index is 12.3. The molecule has 1 heterocycles. The highest BCUT2D eigenvalue weighted by Gasteiger charge is 2.18. The van der Waals surface area contributed by atoms with Crippen molar-refractivity contribution in [2.75, 3.05) is 37.3 Å². The highest BCUT2D eigenvalue weighted by molar-refractivity contribution is 7.92. The van der Waals surface area contributed by atoms with Crippen molar-refractivity contribution in [3.05, 3.63) is 59.7 Å². The zero-order chi connectivity index (χ0) is 23.0. The summed E-state index contributed by atoms with van der Waals surface area (Å²) >= 11 is 0. The normalized spacial score (nSPS) is 14.3. The van der Waals surface area contributed by atoms with E-state index in [4.69, 9.17) is 4.74 Å². The fraction of sp³-hybridized carbons (Fsp3) is 0.458. The van der Waals surface area contributed by atoms with Gasteiger partial charge in [0, 0.05) is 32.1 Å². The lowest BCUT2D eigenvalue weighted by atomic mass is 10.1. The molecule has 2 aromatic carbocycles. The second kappa shape index (κ2) is 11.3. The molecule has 8 heteroatoms. The van der Waals surface area contributed by atoms with Gasteiger partial charge in [0.05, 0.1) is 19.1 Å². The van der Waals surface area contributed by atoms with Crippen molar-refractivity contribution >= 4 is 21.6 Å². The standard InChI is InChI=1S/C24H33N3O4S/c1-31-23-8-5-7-22(17-23)27(32(2,29)30)16-6-9-24(28)25-18-20-10-12-21(13-11-20)19-26-14-3-4-15-26/h5,7-8,10-13,17H,3-4,6,9,14-16,18-19H2,1-2H3,(H,25,28). The van der Waals surface area contributed by atoms with Crippen LogP contribution in [-0.2, 0) is 27.9 Å². The second-order valence-corrected chi connectivity index (χ2v) is 10.1. The number of amides is 1. The predicted octanol–water partition coefficient (Wildman–Crippen LogP) is 3.15. The summed E-state index contributed by atoms with van der Waals surface area (Å²) in [5.74, 6) is 0.491. The molecule has 7 nitrogen and oxygen atoms in total. The zero-order valence-corrected chi connectivity index (χ0v) is 19.7. The van der Waals surface area contributed by atoms with Crippen LogP contribution in [0.4, 0.5) is 5.69 Å². The molecule has 1 fully saturated rings.